The van der Waals surface area contributed by atoms with Gasteiger partial charge in [-0.15, -0.1) is 0 Å². The standard InChI is InChI=1S/C26H33N3O2/c1-31-24-6-2-4-19(14-24)17-28-12-9-20(10-13-28)21-7-8-25-22(15-21)18-29(26(25)30)23-5-3-11-27-16-23/h2,4,6-8,14-15,20,23,27H,3,5,9-13,16-18H2,1H3. The molecule has 0 aromatic heterocycles. The summed E-state index contributed by atoms with van der Waals surface area (Å²) in [4.78, 5) is 17.6. The second-order valence-corrected chi connectivity index (χ2v) is 9.25. The molecule has 3 aliphatic heterocycles. The van der Waals surface area contributed by atoms with Crippen LogP contribution in [-0.2, 0) is 13.1 Å². The number of nitrogens with one attached hydrogen (secondary N) is 1. The molecule has 0 aliphatic carbocycles. The molecule has 0 spiro atoms. The first-order valence-electron chi connectivity index (χ1n) is 11.7. The Kier molecular flexibility index (Phi) is 5.97. The highest BCUT2D eigenvalue weighted by molar-refractivity contribution is 5.98. The van der Waals surface area contributed by atoms with Crippen LogP contribution in [0.5, 0.6) is 5.75 Å². The van der Waals surface area contributed by atoms with Crippen molar-refractivity contribution >= 4 is 5.91 Å². The highest BCUT2D eigenvalue weighted by Crippen LogP contribution is 2.33. The Morgan fingerprint density at radius 2 is 1.97 bits per heavy atom. The second kappa shape index (κ2) is 9.01. The molecule has 0 saturated carbocycles. The van der Waals surface area contributed by atoms with Crippen molar-refractivity contribution in [2.45, 2.75) is 50.7 Å². The highest BCUT2D eigenvalue weighted by Gasteiger charge is 2.34. The number of ether oxygens (including phenoxy) is 1. The van der Waals surface area contributed by atoms with E-state index in [-0.39, 0.29) is 5.91 Å². The van der Waals surface area contributed by atoms with Gasteiger partial charge in [-0.05, 0) is 86.1 Å². The van der Waals surface area contributed by atoms with E-state index in [2.05, 4.69) is 51.5 Å². The predicted molar refractivity (Wildman–Crippen MR) is 122 cm³/mol. The molecule has 1 amide bonds. The molecule has 0 radical (unpaired) electrons. The summed E-state index contributed by atoms with van der Waals surface area (Å²) in [5, 5.41) is 3.44. The predicted octanol–water partition coefficient (Wildman–Crippen LogP) is 3.78. The number of piperidine rings is 2. The molecule has 2 saturated heterocycles. The molecule has 5 rings (SSSR count). The van der Waals surface area contributed by atoms with Crippen molar-refractivity contribution in [1.29, 1.82) is 0 Å². The van der Waals surface area contributed by atoms with Gasteiger partial charge >= 0.3 is 0 Å². The number of hydrogen-bond donors (Lipinski definition) is 1. The minimum Gasteiger partial charge on any atom is -0.497 e. The SMILES string of the molecule is COc1cccc(CN2CCC(c3ccc4c(c3)CN(C3CCCNC3)C4=O)CC2)c1. The molecule has 5 nitrogen and oxygen atoms in total. The van der Waals surface area contributed by atoms with Gasteiger partial charge in [0.15, 0.2) is 0 Å². The lowest BCUT2D eigenvalue weighted by molar-refractivity contribution is 0.0674. The zero-order chi connectivity index (χ0) is 21.2. The lowest BCUT2D eigenvalue weighted by Gasteiger charge is -2.32. The maximum Gasteiger partial charge on any atom is 0.254 e. The minimum absolute atomic E-state index is 0.225. The number of amides is 1. The first kappa shape index (κ1) is 20.5. The van der Waals surface area contributed by atoms with E-state index in [1.807, 2.05) is 6.07 Å². The molecular formula is C26H33N3O2. The van der Waals surface area contributed by atoms with Crippen LogP contribution in [-0.4, -0.2) is 55.0 Å². The van der Waals surface area contributed by atoms with Crippen molar-refractivity contribution in [3.8, 4) is 5.75 Å². The molecule has 2 aromatic rings. The number of fused-ring (bicyclic) bond motifs is 1. The first-order valence-corrected chi connectivity index (χ1v) is 11.7. The Balaban J connectivity index is 1.20. The molecule has 1 atom stereocenters. The fourth-order valence-corrected chi connectivity index (χ4v) is 5.46. The van der Waals surface area contributed by atoms with Gasteiger partial charge in [0.2, 0.25) is 0 Å². The third-order valence-corrected chi connectivity index (χ3v) is 7.27. The molecule has 3 aliphatic rings. The van der Waals surface area contributed by atoms with Crippen LogP contribution in [0.1, 0.15) is 58.6 Å². The van der Waals surface area contributed by atoms with Crippen LogP contribution in [0, 0.1) is 0 Å². The van der Waals surface area contributed by atoms with Crippen LogP contribution >= 0.6 is 0 Å². The number of benzene rings is 2. The van der Waals surface area contributed by atoms with Crippen LogP contribution in [0.15, 0.2) is 42.5 Å². The van der Waals surface area contributed by atoms with E-state index in [0.717, 1.165) is 63.4 Å². The Hall–Kier alpha value is -2.37. The summed E-state index contributed by atoms with van der Waals surface area (Å²) in [6.45, 7) is 5.98. The maximum absolute atomic E-state index is 12.9. The quantitative estimate of drug-likeness (QED) is 0.801. The van der Waals surface area contributed by atoms with Crippen molar-refractivity contribution in [3.63, 3.8) is 0 Å². The zero-order valence-electron chi connectivity index (χ0n) is 18.5. The summed E-state index contributed by atoms with van der Waals surface area (Å²) < 4.78 is 5.36. The lowest BCUT2D eigenvalue weighted by atomic mass is 9.87. The summed E-state index contributed by atoms with van der Waals surface area (Å²) >= 11 is 0. The summed E-state index contributed by atoms with van der Waals surface area (Å²) in [5.41, 5.74) is 4.87. The van der Waals surface area contributed by atoms with Crippen molar-refractivity contribution in [2.24, 2.45) is 0 Å². The van der Waals surface area contributed by atoms with Gasteiger partial charge in [0.05, 0.1) is 7.11 Å². The van der Waals surface area contributed by atoms with E-state index in [0.29, 0.717) is 12.0 Å². The summed E-state index contributed by atoms with van der Waals surface area (Å²) in [7, 11) is 1.72. The number of rotatable bonds is 5. The number of carbonyl (C=O) groups excluding carboxylic acids is 1. The fourth-order valence-electron chi connectivity index (χ4n) is 5.46. The van der Waals surface area contributed by atoms with Gasteiger partial charge in [-0.1, -0.05) is 24.3 Å². The Morgan fingerprint density at radius 1 is 1.10 bits per heavy atom. The number of hydrogen-bond acceptors (Lipinski definition) is 4. The molecule has 5 heteroatoms. The van der Waals surface area contributed by atoms with Crippen molar-refractivity contribution in [2.75, 3.05) is 33.3 Å². The van der Waals surface area contributed by atoms with E-state index in [1.54, 1.807) is 7.11 Å². The Morgan fingerprint density at radius 3 is 2.74 bits per heavy atom. The number of carbonyl (C=O) groups is 1. The molecule has 1 unspecified atom stereocenters. The summed E-state index contributed by atoms with van der Waals surface area (Å²) in [6.07, 6.45) is 4.62. The lowest BCUT2D eigenvalue weighted by Crippen LogP contribution is -2.46. The largest absolute Gasteiger partial charge is 0.497 e. The average Bonchev–Trinajstić information content (AvgIpc) is 3.16. The summed E-state index contributed by atoms with van der Waals surface area (Å²) in [6, 6.07) is 15.4. The van der Waals surface area contributed by atoms with Crippen LogP contribution in [0.4, 0.5) is 0 Å². The molecule has 2 aromatic carbocycles. The van der Waals surface area contributed by atoms with Gasteiger partial charge in [0.1, 0.15) is 5.75 Å². The van der Waals surface area contributed by atoms with Crippen LogP contribution in [0.2, 0.25) is 0 Å². The molecular weight excluding hydrogens is 386 g/mol. The van der Waals surface area contributed by atoms with Crippen molar-refractivity contribution in [1.82, 2.24) is 15.1 Å². The van der Waals surface area contributed by atoms with Crippen molar-refractivity contribution < 1.29 is 9.53 Å². The summed E-state index contributed by atoms with van der Waals surface area (Å²) in [5.74, 6) is 1.74. The molecule has 31 heavy (non-hydrogen) atoms. The average molecular weight is 420 g/mol. The number of methoxy groups -OCH3 is 1. The molecule has 3 heterocycles. The molecule has 1 N–H and O–H groups in total. The normalized spacial score (nSPS) is 22.5. The number of likely N-dealkylation sites (tertiary alicyclic amines) is 1. The van der Waals surface area contributed by atoms with Gasteiger partial charge in [-0.2, -0.15) is 0 Å². The third kappa shape index (κ3) is 4.35. The second-order valence-electron chi connectivity index (χ2n) is 9.25. The van der Waals surface area contributed by atoms with E-state index in [9.17, 15) is 4.79 Å². The molecule has 0 bridgehead atoms. The molecule has 164 valence electrons. The Bertz CT molecular complexity index is 930. The number of nitrogens with zero attached hydrogens (tertiary/aromatic N) is 2. The van der Waals surface area contributed by atoms with E-state index in [4.69, 9.17) is 4.74 Å². The fraction of sp³-hybridized carbons (Fsp3) is 0.500. The van der Waals surface area contributed by atoms with Crippen LogP contribution in [0.3, 0.4) is 0 Å². The van der Waals surface area contributed by atoms with Gasteiger partial charge in [-0.25, -0.2) is 0 Å². The van der Waals surface area contributed by atoms with E-state index < -0.39 is 0 Å². The first-order chi connectivity index (χ1) is 15.2. The topological polar surface area (TPSA) is 44.8 Å². The minimum atomic E-state index is 0.225. The van der Waals surface area contributed by atoms with Crippen LogP contribution in [0.25, 0.3) is 0 Å². The third-order valence-electron chi connectivity index (χ3n) is 7.27. The smallest absolute Gasteiger partial charge is 0.254 e. The molecule has 2 fully saturated rings. The Labute approximate surface area is 185 Å². The maximum atomic E-state index is 12.9. The van der Waals surface area contributed by atoms with E-state index in [1.165, 1.54) is 29.5 Å². The van der Waals surface area contributed by atoms with Gasteiger partial charge < -0.3 is 15.0 Å². The van der Waals surface area contributed by atoms with Crippen LogP contribution < -0.4 is 10.1 Å². The zero-order valence-corrected chi connectivity index (χ0v) is 18.5. The van der Waals surface area contributed by atoms with Crippen molar-refractivity contribution in [3.05, 3.63) is 64.7 Å². The highest BCUT2D eigenvalue weighted by atomic mass is 16.5. The van der Waals surface area contributed by atoms with E-state index >= 15 is 0 Å². The van der Waals surface area contributed by atoms with Gasteiger partial charge in [0, 0.05) is 31.2 Å². The monoisotopic (exact) mass is 419 g/mol. The van der Waals surface area contributed by atoms with Gasteiger partial charge in [-0.3, -0.25) is 9.69 Å². The van der Waals surface area contributed by atoms with Gasteiger partial charge in [0.25, 0.3) is 5.91 Å².